The van der Waals surface area contributed by atoms with E-state index in [1.165, 1.54) is 0 Å². The van der Waals surface area contributed by atoms with Crippen molar-refractivity contribution in [2.45, 2.75) is 25.9 Å². The number of nitrogens with one attached hydrogen (secondary N) is 2. The van der Waals surface area contributed by atoms with Crippen LogP contribution >= 0.6 is 39.9 Å². The molecule has 6 nitrogen and oxygen atoms in total. The van der Waals surface area contributed by atoms with Crippen LogP contribution in [0.3, 0.4) is 0 Å². The highest BCUT2D eigenvalue weighted by Crippen LogP contribution is 2.25. The molecule has 0 bridgehead atoms. The highest BCUT2D eigenvalue weighted by molar-refractivity contribution is 14.0. The third-order valence-electron chi connectivity index (χ3n) is 3.55. The van der Waals surface area contributed by atoms with Gasteiger partial charge < -0.3 is 15.4 Å². The van der Waals surface area contributed by atoms with Crippen molar-refractivity contribution in [3.8, 4) is 5.75 Å². The average molecular weight is 532 g/mol. The Morgan fingerprint density at radius 2 is 2.21 bits per heavy atom. The van der Waals surface area contributed by atoms with E-state index < -0.39 is 9.84 Å². The van der Waals surface area contributed by atoms with Crippen molar-refractivity contribution in [3.63, 3.8) is 0 Å². The molecule has 1 aromatic rings. The van der Waals surface area contributed by atoms with Crippen molar-refractivity contribution in [2.75, 3.05) is 25.2 Å². The Morgan fingerprint density at radius 3 is 2.75 bits per heavy atom. The molecule has 1 saturated heterocycles. The molecule has 2 N–H and O–H groups in total. The van der Waals surface area contributed by atoms with Crippen molar-refractivity contribution < 1.29 is 13.2 Å². The summed E-state index contributed by atoms with van der Waals surface area (Å²) in [5.74, 6) is 1.83. The summed E-state index contributed by atoms with van der Waals surface area (Å²) >= 11 is 3.46. The van der Waals surface area contributed by atoms with E-state index in [0.717, 1.165) is 22.3 Å². The summed E-state index contributed by atoms with van der Waals surface area (Å²) in [7, 11) is -1.28. The molecular weight excluding hydrogens is 509 g/mol. The highest BCUT2D eigenvalue weighted by atomic mass is 127. The average Bonchev–Trinajstić information content (AvgIpc) is 2.84. The lowest BCUT2D eigenvalue weighted by Gasteiger charge is -2.16. The Bertz CT molecular complexity index is 683. The fourth-order valence-corrected chi connectivity index (χ4v) is 4.66. The Balaban J connectivity index is 0.00000288. The molecule has 0 aromatic heterocycles. The van der Waals surface area contributed by atoms with Gasteiger partial charge in [0.1, 0.15) is 5.75 Å². The molecule has 0 radical (unpaired) electrons. The summed E-state index contributed by atoms with van der Waals surface area (Å²) in [6.07, 6.45) is 0.626. The third kappa shape index (κ3) is 6.40. The molecule has 0 amide bonds. The minimum Gasteiger partial charge on any atom is -0.496 e. The number of aliphatic imine (C=N–C) groups is 1. The molecule has 1 fully saturated rings. The first-order valence-electron chi connectivity index (χ1n) is 7.51. The maximum Gasteiger partial charge on any atom is 0.191 e. The van der Waals surface area contributed by atoms with Gasteiger partial charge in [-0.15, -0.1) is 24.0 Å². The summed E-state index contributed by atoms with van der Waals surface area (Å²) in [5.41, 5.74) is 1.04. The molecule has 1 aromatic carbocycles. The molecule has 1 heterocycles. The molecule has 9 heteroatoms. The normalized spacial score (nSPS) is 19.5. The van der Waals surface area contributed by atoms with E-state index in [1.54, 1.807) is 7.11 Å². The van der Waals surface area contributed by atoms with Gasteiger partial charge in [-0.2, -0.15) is 0 Å². The van der Waals surface area contributed by atoms with E-state index in [4.69, 9.17) is 4.74 Å². The van der Waals surface area contributed by atoms with Crippen LogP contribution in [-0.2, 0) is 16.4 Å². The van der Waals surface area contributed by atoms with Crippen molar-refractivity contribution >= 4 is 55.7 Å². The zero-order valence-electron chi connectivity index (χ0n) is 13.7. The standard InChI is InChI=1S/C15H22BrN3O3S.HI/c1-3-17-15(19-12-6-7-23(20,21)10-12)18-9-11-4-5-14(22-2)13(16)8-11;/h4-5,8,12H,3,6-7,9-10H2,1-2H3,(H2,17,18,19);1H. The van der Waals surface area contributed by atoms with Gasteiger partial charge in [0.05, 0.1) is 29.6 Å². The van der Waals surface area contributed by atoms with Gasteiger partial charge in [0.25, 0.3) is 0 Å². The number of benzene rings is 1. The SMILES string of the molecule is CCNC(=NCc1ccc(OC)c(Br)c1)NC1CCS(=O)(=O)C1.I. The Hall–Kier alpha value is -0.550. The Morgan fingerprint density at radius 1 is 1.46 bits per heavy atom. The summed E-state index contributed by atoms with van der Waals surface area (Å²) in [6.45, 7) is 3.20. The molecule has 1 aliphatic rings. The van der Waals surface area contributed by atoms with Gasteiger partial charge in [0, 0.05) is 12.6 Å². The molecule has 0 saturated carbocycles. The van der Waals surface area contributed by atoms with Crippen LogP contribution in [0.5, 0.6) is 5.75 Å². The van der Waals surface area contributed by atoms with Gasteiger partial charge in [0.15, 0.2) is 15.8 Å². The van der Waals surface area contributed by atoms with Crippen molar-refractivity contribution in [3.05, 3.63) is 28.2 Å². The van der Waals surface area contributed by atoms with Crippen LogP contribution in [0.25, 0.3) is 0 Å². The predicted octanol–water partition coefficient (Wildman–Crippen LogP) is 2.32. The second-order valence-corrected chi connectivity index (χ2v) is 8.49. The number of hydrogen-bond acceptors (Lipinski definition) is 4. The molecule has 0 aliphatic carbocycles. The molecule has 2 rings (SSSR count). The maximum absolute atomic E-state index is 11.5. The van der Waals surface area contributed by atoms with Gasteiger partial charge in [-0.25, -0.2) is 13.4 Å². The van der Waals surface area contributed by atoms with E-state index in [9.17, 15) is 8.42 Å². The number of sulfone groups is 1. The van der Waals surface area contributed by atoms with E-state index in [2.05, 4.69) is 31.6 Å². The van der Waals surface area contributed by atoms with E-state index in [-0.39, 0.29) is 41.5 Å². The molecule has 24 heavy (non-hydrogen) atoms. The molecule has 0 spiro atoms. The maximum atomic E-state index is 11.5. The zero-order valence-corrected chi connectivity index (χ0v) is 18.4. The Labute approximate surface area is 168 Å². The second kappa shape index (κ2) is 9.81. The summed E-state index contributed by atoms with van der Waals surface area (Å²) < 4.78 is 29.2. The van der Waals surface area contributed by atoms with Crippen LogP contribution in [-0.4, -0.2) is 45.6 Å². The minimum absolute atomic E-state index is 0. The molecule has 1 unspecified atom stereocenters. The summed E-state index contributed by atoms with van der Waals surface area (Å²) in [4.78, 5) is 4.53. The summed E-state index contributed by atoms with van der Waals surface area (Å²) in [5, 5.41) is 6.36. The second-order valence-electron chi connectivity index (χ2n) is 5.41. The Kier molecular flexibility index (Phi) is 8.78. The van der Waals surface area contributed by atoms with Crippen molar-refractivity contribution in [2.24, 2.45) is 4.99 Å². The van der Waals surface area contributed by atoms with Crippen LogP contribution in [0, 0.1) is 0 Å². The first-order chi connectivity index (χ1) is 10.9. The fourth-order valence-electron chi connectivity index (χ4n) is 2.40. The van der Waals surface area contributed by atoms with Gasteiger partial charge >= 0.3 is 0 Å². The molecule has 136 valence electrons. The highest BCUT2D eigenvalue weighted by Gasteiger charge is 2.28. The minimum atomic E-state index is -2.90. The van der Waals surface area contributed by atoms with Crippen LogP contribution in [0.4, 0.5) is 0 Å². The zero-order chi connectivity index (χ0) is 16.9. The molecular formula is C15H23BrIN3O3S. The lowest BCUT2D eigenvalue weighted by molar-refractivity contribution is 0.412. The number of ether oxygens (including phenoxy) is 1. The first kappa shape index (κ1) is 21.5. The lowest BCUT2D eigenvalue weighted by atomic mass is 10.2. The summed E-state index contributed by atoms with van der Waals surface area (Å²) in [6, 6.07) is 5.74. The third-order valence-corrected chi connectivity index (χ3v) is 5.94. The number of methoxy groups -OCH3 is 1. The van der Waals surface area contributed by atoms with Gasteiger partial charge in [0.2, 0.25) is 0 Å². The fraction of sp³-hybridized carbons (Fsp3) is 0.533. The smallest absolute Gasteiger partial charge is 0.191 e. The van der Waals surface area contributed by atoms with Crippen molar-refractivity contribution in [1.29, 1.82) is 0 Å². The van der Waals surface area contributed by atoms with Crippen LogP contribution in [0.15, 0.2) is 27.7 Å². The first-order valence-corrected chi connectivity index (χ1v) is 10.1. The monoisotopic (exact) mass is 531 g/mol. The largest absolute Gasteiger partial charge is 0.496 e. The van der Waals surface area contributed by atoms with E-state index >= 15 is 0 Å². The van der Waals surface area contributed by atoms with Crippen molar-refractivity contribution in [1.82, 2.24) is 10.6 Å². The van der Waals surface area contributed by atoms with Crippen LogP contribution < -0.4 is 15.4 Å². The molecule has 1 atom stereocenters. The van der Waals surface area contributed by atoms with Crippen LogP contribution in [0.2, 0.25) is 0 Å². The van der Waals surface area contributed by atoms with Crippen LogP contribution in [0.1, 0.15) is 18.9 Å². The van der Waals surface area contributed by atoms with Gasteiger partial charge in [-0.3, -0.25) is 0 Å². The molecule has 1 aliphatic heterocycles. The quantitative estimate of drug-likeness (QED) is 0.346. The predicted molar refractivity (Wildman–Crippen MR) is 111 cm³/mol. The van der Waals surface area contributed by atoms with Gasteiger partial charge in [-0.1, -0.05) is 6.07 Å². The number of rotatable bonds is 5. The number of hydrogen-bond donors (Lipinski definition) is 2. The number of guanidine groups is 1. The number of nitrogens with zero attached hydrogens (tertiary/aromatic N) is 1. The van der Waals surface area contributed by atoms with Gasteiger partial charge in [-0.05, 0) is 47.0 Å². The topological polar surface area (TPSA) is 79.8 Å². The van der Waals surface area contributed by atoms with E-state index in [1.807, 2.05) is 25.1 Å². The number of halogens is 2. The van der Waals surface area contributed by atoms with E-state index in [0.29, 0.717) is 18.9 Å². The lowest BCUT2D eigenvalue weighted by Crippen LogP contribution is -2.44.